The molecule has 0 aromatic carbocycles. The van der Waals surface area contributed by atoms with E-state index in [1.165, 1.54) is 0 Å². The van der Waals surface area contributed by atoms with Crippen LogP contribution in [0, 0.1) is 16.7 Å². The zero-order chi connectivity index (χ0) is 12.4. The van der Waals surface area contributed by atoms with E-state index in [0.29, 0.717) is 5.92 Å². The first-order valence-corrected chi connectivity index (χ1v) is 5.77. The highest BCUT2D eigenvalue weighted by atomic mass is 16.2. The third kappa shape index (κ3) is 4.67. The average Bonchev–Trinajstić information content (AvgIpc) is 1.94. The summed E-state index contributed by atoms with van der Waals surface area (Å²) >= 11 is 0. The van der Waals surface area contributed by atoms with E-state index in [0.717, 1.165) is 0 Å². The molecule has 0 rings (SSSR count). The van der Waals surface area contributed by atoms with Crippen LogP contribution in [-0.2, 0) is 4.79 Å². The lowest BCUT2D eigenvalue weighted by atomic mass is 9.79. The molecule has 0 heterocycles. The lowest BCUT2D eigenvalue weighted by Gasteiger charge is -2.36. The van der Waals surface area contributed by atoms with Gasteiger partial charge in [0.25, 0.3) is 0 Å². The number of nitrogens with one attached hydrogen (secondary N) is 1. The molecule has 0 aliphatic carbocycles. The van der Waals surface area contributed by atoms with Crippen molar-refractivity contribution in [2.45, 2.75) is 61.4 Å². The molecule has 1 N–H and O–H groups in total. The van der Waals surface area contributed by atoms with Crippen LogP contribution in [-0.4, -0.2) is 11.9 Å². The Balaban J connectivity index is 4.66. The summed E-state index contributed by atoms with van der Waals surface area (Å²) < 4.78 is 0. The van der Waals surface area contributed by atoms with E-state index < -0.39 is 0 Å². The second kappa shape index (κ2) is 4.54. The zero-order valence-electron chi connectivity index (χ0n) is 11.6. The maximum atomic E-state index is 11.9. The predicted octanol–water partition coefficient (Wildman–Crippen LogP) is 3.22. The van der Waals surface area contributed by atoms with Gasteiger partial charge in [-0.25, -0.2) is 0 Å². The van der Waals surface area contributed by atoms with Gasteiger partial charge in [-0.1, -0.05) is 55.4 Å². The number of carbonyl (C=O) groups excluding carboxylic acids is 1. The van der Waals surface area contributed by atoms with E-state index in [2.05, 4.69) is 39.9 Å². The van der Waals surface area contributed by atoms with Crippen LogP contribution in [0.15, 0.2) is 0 Å². The fourth-order valence-corrected chi connectivity index (χ4v) is 1.74. The molecule has 0 aliphatic rings. The molecule has 0 fully saturated rings. The summed E-state index contributed by atoms with van der Waals surface area (Å²) in [5.41, 5.74) is -0.201. The van der Waals surface area contributed by atoms with Gasteiger partial charge in [0.2, 0.25) is 5.91 Å². The SMILES string of the molecule is CC(C)C(NC(=O)C(C)(C)C)C(C)(C)C. The third-order valence-corrected chi connectivity index (χ3v) is 2.57. The fraction of sp³-hybridized carbons (Fsp3) is 0.923. The summed E-state index contributed by atoms with van der Waals surface area (Å²) in [5.74, 6) is 0.590. The van der Waals surface area contributed by atoms with Crippen LogP contribution < -0.4 is 5.32 Å². The van der Waals surface area contributed by atoms with Gasteiger partial charge in [-0.3, -0.25) is 4.79 Å². The van der Waals surface area contributed by atoms with Gasteiger partial charge < -0.3 is 5.32 Å². The van der Waals surface area contributed by atoms with Crippen LogP contribution in [0.4, 0.5) is 0 Å². The van der Waals surface area contributed by atoms with Gasteiger partial charge in [-0.15, -0.1) is 0 Å². The van der Waals surface area contributed by atoms with Crippen molar-refractivity contribution < 1.29 is 4.79 Å². The Labute approximate surface area is 94.8 Å². The largest absolute Gasteiger partial charge is 0.352 e. The number of amides is 1. The smallest absolute Gasteiger partial charge is 0.225 e. The topological polar surface area (TPSA) is 29.1 Å². The van der Waals surface area contributed by atoms with Crippen molar-refractivity contribution in [3.8, 4) is 0 Å². The highest BCUT2D eigenvalue weighted by Crippen LogP contribution is 2.26. The van der Waals surface area contributed by atoms with Crippen molar-refractivity contribution in [2.75, 3.05) is 0 Å². The van der Waals surface area contributed by atoms with Gasteiger partial charge in [0, 0.05) is 11.5 Å². The lowest BCUT2D eigenvalue weighted by Crippen LogP contribution is -2.50. The van der Waals surface area contributed by atoms with E-state index in [1.54, 1.807) is 0 Å². The Morgan fingerprint density at radius 1 is 1.00 bits per heavy atom. The molecule has 0 saturated heterocycles. The van der Waals surface area contributed by atoms with Crippen molar-refractivity contribution in [1.29, 1.82) is 0 Å². The minimum absolute atomic E-state index is 0.106. The highest BCUT2D eigenvalue weighted by molar-refractivity contribution is 5.81. The van der Waals surface area contributed by atoms with Crippen LogP contribution in [0.5, 0.6) is 0 Å². The summed E-state index contributed by atoms with van der Waals surface area (Å²) in [4.78, 5) is 11.9. The second-order valence-electron chi connectivity index (χ2n) is 6.81. The summed E-state index contributed by atoms with van der Waals surface area (Å²) in [6, 6.07) is 0.226. The molecule has 2 nitrogen and oxygen atoms in total. The summed E-state index contributed by atoms with van der Waals surface area (Å²) in [7, 11) is 0. The second-order valence-corrected chi connectivity index (χ2v) is 6.81. The standard InChI is InChI=1S/C13H27NO/c1-9(2)10(12(3,4)5)14-11(15)13(6,7)8/h9-10H,1-8H3,(H,14,15). The van der Waals surface area contributed by atoms with Gasteiger partial charge in [-0.2, -0.15) is 0 Å². The molecule has 0 aliphatic heterocycles. The minimum Gasteiger partial charge on any atom is -0.352 e. The first-order chi connectivity index (χ1) is 6.46. The van der Waals surface area contributed by atoms with E-state index in [9.17, 15) is 4.79 Å². The van der Waals surface area contributed by atoms with Gasteiger partial charge >= 0.3 is 0 Å². The Kier molecular flexibility index (Phi) is 4.38. The molecule has 0 aromatic heterocycles. The fourth-order valence-electron chi connectivity index (χ4n) is 1.74. The molecular weight excluding hydrogens is 186 g/mol. The average molecular weight is 213 g/mol. The summed E-state index contributed by atoms with van der Waals surface area (Å²) in [6.45, 7) is 16.6. The van der Waals surface area contributed by atoms with Gasteiger partial charge in [0.05, 0.1) is 0 Å². The highest BCUT2D eigenvalue weighted by Gasteiger charge is 2.32. The Morgan fingerprint density at radius 3 is 1.60 bits per heavy atom. The van der Waals surface area contributed by atoms with Crippen molar-refractivity contribution in [2.24, 2.45) is 16.7 Å². The molecule has 1 atom stereocenters. The van der Waals surface area contributed by atoms with Gasteiger partial charge in [0.1, 0.15) is 0 Å². The van der Waals surface area contributed by atoms with Crippen molar-refractivity contribution in [3.63, 3.8) is 0 Å². The summed E-state index contributed by atoms with van der Waals surface area (Å²) in [5, 5.41) is 3.16. The predicted molar refractivity (Wildman–Crippen MR) is 65.7 cm³/mol. The Hall–Kier alpha value is -0.530. The molecule has 2 heteroatoms. The molecule has 0 radical (unpaired) electrons. The number of carbonyl (C=O) groups is 1. The van der Waals surface area contributed by atoms with Crippen molar-refractivity contribution in [3.05, 3.63) is 0 Å². The van der Waals surface area contributed by atoms with Crippen LogP contribution in [0.1, 0.15) is 55.4 Å². The number of rotatable bonds is 2. The Bertz CT molecular complexity index is 218. The van der Waals surface area contributed by atoms with Crippen LogP contribution in [0.3, 0.4) is 0 Å². The summed E-state index contributed by atoms with van der Waals surface area (Å²) in [6.07, 6.45) is 0. The number of hydrogen-bond acceptors (Lipinski definition) is 1. The third-order valence-electron chi connectivity index (χ3n) is 2.57. The normalized spacial score (nSPS) is 15.3. The molecule has 0 saturated carbocycles. The van der Waals surface area contributed by atoms with E-state index in [1.807, 2.05) is 20.8 Å². The van der Waals surface area contributed by atoms with E-state index >= 15 is 0 Å². The Morgan fingerprint density at radius 2 is 1.40 bits per heavy atom. The van der Waals surface area contributed by atoms with Crippen molar-refractivity contribution in [1.82, 2.24) is 5.32 Å². The minimum atomic E-state index is -0.307. The maximum Gasteiger partial charge on any atom is 0.225 e. The molecule has 90 valence electrons. The van der Waals surface area contributed by atoms with Crippen LogP contribution in [0.2, 0.25) is 0 Å². The van der Waals surface area contributed by atoms with Gasteiger partial charge in [-0.05, 0) is 11.3 Å². The van der Waals surface area contributed by atoms with Crippen molar-refractivity contribution >= 4 is 5.91 Å². The van der Waals surface area contributed by atoms with Gasteiger partial charge in [0.15, 0.2) is 0 Å². The molecule has 0 aromatic rings. The zero-order valence-corrected chi connectivity index (χ0v) is 11.6. The van der Waals surface area contributed by atoms with E-state index in [-0.39, 0.29) is 22.8 Å². The molecular formula is C13H27NO. The lowest BCUT2D eigenvalue weighted by molar-refractivity contribution is -0.130. The molecule has 0 bridgehead atoms. The number of hydrogen-bond donors (Lipinski definition) is 1. The first kappa shape index (κ1) is 14.5. The monoisotopic (exact) mass is 213 g/mol. The molecule has 0 spiro atoms. The molecule has 1 amide bonds. The molecule has 1 unspecified atom stereocenters. The first-order valence-electron chi connectivity index (χ1n) is 5.77. The van der Waals surface area contributed by atoms with Crippen LogP contribution >= 0.6 is 0 Å². The quantitative estimate of drug-likeness (QED) is 0.749. The van der Waals surface area contributed by atoms with E-state index in [4.69, 9.17) is 0 Å². The van der Waals surface area contributed by atoms with Crippen LogP contribution in [0.25, 0.3) is 0 Å². The molecule has 15 heavy (non-hydrogen) atoms. The maximum absolute atomic E-state index is 11.9.